The van der Waals surface area contributed by atoms with Crippen molar-refractivity contribution in [3.8, 4) is 5.88 Å². The second-order valence-corrected chi connectivity index (χ2v) is 3.29. The number of anilines is 1. The van der Waals surface area contributed by atoms with Crippen LogP contribution in [-0.2, 0) is 11.6 Å². The van der Waals surface area contributed by atoms with Crippen LogP contribution in [0, 0.1) is 0 Å². The van der Waals surface area contributed by atoms with Crippen LogP contribution in [0.4, 0.5) is 5.95 Å². The molecular weight excluding hydrogens is 208 g/mol. The van der Waals surface area contributed by atoms with E-state index in [1.807, 2.05) is 0 Å². The van der Waals surface area contributed by atoms with Crippen molar-refractivity contribution in [3.05, 3.63) is 6.20 Å². The maximum atomic E-state index is 10.3. The molecule has 1 heterocycles. The maximum absolute atomic E-state index is 10.3. The fourth-order valence-electron chi connectivity index (χ4n) is 0.618. The Morgan fingerprint density at radius 3 is 2.54 bits per heavy atom. The third-order valence-corrected chi connectivity index (χ3v) is 1.53. The molecule has 0 aliphatic carbocycles. The molecule has 0 unspecified atom stereocenters. The Balaban J connectivity index is 0.00000144. The Kier molecular flexibility index (Phi) is 4.44. The molecule has 0 aliphatic rings. The van der Waals surface area contributed by atoms with E-state index in [0.29, 0.717) is 0 Å². The number of aromatic nitrogens is 2. The molecule has 0 saturated carbocycles. The van der Waals surface area contributed by atoms with Gasteiger partial charge in [0.1, 0.15) is 0 Å². The predicted octanol–water partition coefficient (Wildman–Crippen LogP) is -1.17. The fraction of sp³-hybridized carbons (Fsp3) is 0.250. The van der Waals surface area contributed by atoms with Gasteiger partial charge in [-0.05, 0) is 0 Å². The third kappa shape index (κ3) is 4.12. The SMILES string of the molecule is Cn1cc(OP(=O)(O)O)nc1N.[NaH]. The van der Waals surface area contributed by atoms with Crippen LogP contribution in [0.2, 0.25) is 0 Å². The van der Waals surface area contributed by atoms with Crippen molar-refractivity contribution in [1.82, 2.24) is 9.55 Å². The van der Waals surface area contributed by atoms with E-state index in [1.165, 1.54) is 10.8 Å². The molecule has 0 fully saturated rings. The second kappa shape index (κ2) is 4.45. The van der Waals surface area contributed by atoms with Crippen LogP contribution in [0.25, 0.3) is 0 Å². The van der Waals surface area contributed by atoms with Gasteiger partial charge in [0.2, 0.25) is 11.8 Å². The minimum absolute atomic E-state index is 0. The van der Waals surface area contributed by atoms with Gasteiger partial charge in [-0.3, -0.25) is 9.79 Å². The molecule has 0 saturated heterocycles. The van der Waals surface area contributed by atoms with Gasteiger partial charge in [-0.25, -0.2) is 4.57 Å². The number of phosphoric acid groups is 1. The molecule has 0 spiro atoms. The van der Waals surface area contributed by atoms with E-state index in [-0.39, 0.29) is 41.4 Å². The normalized spacial score (nSPS) is 10.7. The number of nitrogens with two attached hydrogens (primary N) is 1. The number of imidazole rings is 1. The van der Waals surface area contributed by atoms with Crippen LogP contribution < -0.4 is 10.3 Å². The fourth-order valence-corrected chi connectivity index (χ4v) is 0.950. The second-order valence-electron chi connectivity index (χ2n) is 2.13. The summed E-state index contributed by atoms with van der Waals surface area (Å²) < 4.78 is 15.8. The summed E-state index contributed by atoms with van der Waals surface area (Å²) >= 11 is 0. The van der Waals surface area contributed by atoms with E-state index in [4.69, 9.17) is 15.5 Å². The zero-order valence-corrected chi connectivity index (χ0v) is 7.10. The van der Waals surface area contributed by atoms with Crippen molar-refractivity contribution in [3.63, 3.8) is 0 Å². The Morgan fingerprint density at radius 2 is 2.23 bits per heavy atom. The van der Waals surface area contributed by atoms with E-state index in [2.05, 4.69) is 9.51 Å². The average molecular weight is 217 g/mol. The third-order valence-electron chi connectivity index (χ3n) is 1.10. The molecule has 7 nitrogen and oxygen atoms in total. The first kappa shape index (κ1) is 13.0. The number of hydrogen-bond donors (Lipinski definition) is 3. The van der Waals surface area contributed by atoms with Gasteiger partial charge >= 0.3 is 37.4 Å². The quantitative estimate of drug-likeness (QED) is 0.425. The van der Waals surface area contributed by atoms with Crippen LogP contribution in [0.5, 0.6) is 5.88 Å². The summed E-state index contributed by atoms with van der Waals surface area (Å²) in [6.45, 7) is 0. The molecule has 1 aromatic heterocycles. The van der Waals surface area contributed by atoms with Gasteiger partial charge in [0.05, 0.1) is 6.20 Å². The van der Waals surface area contributed by atoms with Gasteiger partial charge in [-0.15, -0.1) is 0 Å². The number of hydrogen-bond acceptors (Lipinski definition) is 4. The van der Waals surface area contributed by atoms with E-state index >= 15 is 0 Å². The van der Waals surface area contributed by atoms with Crippen molar-refractivity contribution in [2.45, 2.75) is 0 Å². The zero-order valence-electron chi connectivity index (χ0n) is 6.21. The standard InChI is InChI=1S/C4H8N3O4P.Na.H/c1-7-2-3(6-4(7)5)11-12(8,9)10;;/h2H,1H3,(H2,5,6)(H2,8,9,10);;. The van der Waals surface area contributed by atoms with Crippen LogP contribution in [0.15, 0.2) is 6.20 Å². The van der Waals surface area contributed by atoms with Gasteiger partial charge < -0.3 is 14.8 Å². The Labute approximate surface area is 96.4 Å². The van der Waals surface area contributed by atoms with E-state index in [9.17, 15) is 4.57 Å². The molecular formula is C4H9N3NaO4P. The minimum atomic E-state index is -4.53. The number of phosphoric ester groups is 1. The van der Waals surface area contributed by atoms with Crippen LogP contribution >= 0.6 is 7.82 Å². The van der Waals surface area contributed by atoms with Gasteiger partial charge in [-0.2, -0.15) is 4.98 Å². The van der Waals surface area contributed by atoms with E-state index in [1.54, 1.807) is 7.05 Å². The molecule has 1 rings (SSSR count). The molecule has 13 heavy (non-hydrogen) atoms. The van der Waals surface area contributed by atoms with Crippen molar-refractivity contribution in [2.75, 3.05) is 5.73 Å². The molecule has 0 aromatic carbocycles. The number of nitrogen functional groups attached to an aromatic ring is 1. The van der Waals surface area contributed by atoms with Crippen LogP contribution in [-0.4, -0.2) is 48.9 Å². The van der Waals surface area contributed by atoms with Crippen LogP contribution in [0.1, 0.15) is 0 Å². The van der Waals surface area contributed by atoms with Gasteiger partial charge in [0.25, 0.3) is 0 Å². The summed E-state index contributed by atoms with van der Waals surface area (Å²) in [5.74, 6) is -0.0678. The van der Waals surface area contributed by atoms with Crippen molar-refractivity contribution in [2.24, 2.45) is 7.05 Å². The monoisotopic (exact) mass is 217 g/mol. The molecule has 1 aromatic rings. The first-order valence-corrected chi connectivity index (χ1v) is 4.45. The average Bonchev–Trinajstić information content (AvgIpc) is 2.07. The molecule has 0 amide bonds. The summed E-state index contributed by atoms with van der Waals surface area (Å²) in [7, 11) is -2.95. The topological polar surface area (TPSA) is 111 Å². The predicted molar refractivity (Wildman–Crippen MR) is 47.4 cm³/mol. The summed E-state index contributed by atoms with van der Waals surface area (Å²) in [4.78, 5) is 20.3. The Hall–Kier alpha value is -0.0400. The van der Waals surface area contributed by atoms with Crippen molar-refractivity contribution in [1.29, 1.82) is 0 Å². The summed E-state index contributed by atoms with van der Waals surface area (Å²) in [6, 6.07) is 0. The molecule has 4 N–H and O–H groups in total. The van der Waals surface area contributed by atoms with Crippen molar-refractivity contribution < 1.29 is 18.9 Å². The molecule has 0 bridgehead atoms. The Morgan fingerprint density at radius 1 is 1.69 bits per heavy atom. The summed E-state index contributed by atoms with van der Waals surface area (Å²) in [5, 5.41) is 0. The van der Waals surface area contributed by atoms with E-state index in [0.717, 1.165) is 0 Å². The number of rotatable bonds is 2. The molecule has 0 aliphatic heterocycles. The number of aryl methyl sites for hydroxylation is 1. The summed E-state index contributed by atoms with van der Waals surface area (Å²) in [5.41, 5.74) is 5.28. The molecule has 9 heteroatoms. The summed E-state index contributed by atoms with van der Waals surface area (Å²) in [6.07, 6.45) is 1.27. The zero-order chi connectivity index (χ0) is 9.35. The first-order chi connectivity index (χ1) is 5.38. The molecule has 0 radical (unpaired) electrons. The first-order valence-electron chi connectivity index (χ1n) is 2.92. The van der Waals surface area contributed by atoms with Crippen LogP contribution in [0.3, 0.4) is 0 Å². The van der Waals surface area contributed by atoms with Crippen molar-refractivity contribution >= 4 is 43.3 Å². The van der Waals surface area contributed by atoms with Gasteiger partial charge in [0.15, 0.2) is 0 Å². The van der Waals surface area contributed by atoms with Gasteiger partial charge in [0, 0.05) is 7.05 Å². The Bertz CT molecular complexity index is 315. The molecule has 70 valence electrons. The van der Waals surface area contributed by atoms with E-state index < -0.39 is 7.82 Å². The molecule has 0 atom stereocenters. The number of nitrogens with zero attached hydrogens (tertiary/aromatic N) is 2. The van der Waals surface area contributed by atoms with Gasteiger partial charge in [-0.1, -0.05) is 0 Å².